The molecule has 0 aliphatic heterocycles. The van der Waals surface area contributed by atoms with Gasteiger partial charge in [-0.1, -0.05) is 327 Å². The molecule has 3 aliphatic carbocycles. The Labute approximate surface area is 668 Å². The molecule has 3 aliphatic rings. The van der Waals surface area contributed by atoms with E-state index in [-0.39, 0.29) is 16.2 Å². The zero-order valence-electron chi connectivity index (χ0n) is 65.8. The van der Waals surface area contributed by atoms with Crippen LogP contribution in [0.25, 0.3) is 135 Å². The van der Waals surface area contributed by atoms with E-state index in [2.05, 4.69) is 295 Å². The lowest BCUT2D eigenvalue weighted by atomic mass is 9.69. The molecular weight excluding hydrogens is 1390 g/mol. The van der Waals surface area contributed by atoms with Crippen molar-refractivity contribution in [3.8, 4) is 100 Å². The average Bonchev–Trinajstić information content (AvgIpc) is 1.59. The molecule has 10 aromatic carbocycles. The summed E-state index contributed by atoms with van der Waals surface area (Å²) < 4.78 is 10.0. The van der Waals surface area contributed by atoms with Gasteiger partial charge in [-0.2, -0.15) is 8.75 Å². The summed E-state index contributed by atoms with van der Waals surface area (Å²) >= 11 is 4.95. The second kappa shape index (κ2) is 33.9. The van der Waals surface area contributed by atoms with Gasteiger partial charge in [-0.15, -0.1) is 22.7 Å². The molecule has 5 heteroatoms. The topological polar surface area (TPSA) is 25.8 Å². The minimum absolute atomic E-state index is 0.0467. The number of rotatable bonds is 34. The minimum Gasteiger partial charge on any atom is -0.172 e. The predicted octanol–water partition coefficient (Wildman–Crippen LogP) is 32.4. The normalized spacial score (nSPS) is 14.0. The van der Waals surface area contributed by atoms with Crippen LogP contribution >= 0.6 is 34.4 Å². The molecule has 13 aromatic rings. The van der Waals surface area contributed by atoms with E-state index in [1.54, 1.807) is 5.56 Å². The highest BCUT2D eigenvalue weighted by Crippen LogP contribution is 2.60. The van der Waals surface area contributed by atoms with Crippen molar-refractivity contribution in [2.24, 2.45) is 0 Å². The van der Waals surface area contributed by atoms with Crippen LogP contribution in [0.15, 0.2) is 229 Å². The summed E-state index contributed by atoms with van der Waals surface area (Å²) in [6.45, 7) is 14.2. The van der Waals surface area contributed by atoms with Crippen LogP contribution in [0, 0.1) is 0 Å². The SMILES string of the molecule is CCCCCCC1(CCCCCC)c2cc(-c3ccc4c(c3)C(CCC)(CCC)c3cc(-c5ccccc5)ccc3-4)ccc2-c2ccc(-c3cc(/C=C/c4cccs4)c(-c4ccc5c(c4)C(CCCCCC)(CCCCCC)c4cc(-c6ccc(-c7ccccc7)c7nsnc67)ccc4-5)cc3/C=C/c3cccs3)cc21. The second-order valence-electron chi connectivity index (χ2n) is 32.1. The molecular formula is C105H108N2S3. The minimum atomic E-state index is -0.171. The maximum Gasteiger partial charge on any atom is 0.113 e. The maximum absolute atomic E-state index is 5.06. The molecule has 0 spiro atoms. The van der Waals surface area contributed by atoms with Gasteiger partial charge >= 0.3 is 0 Å². The fourth-order valence-corrected chi connectivity index (χ4v) is 21.7. The first kappa shape index (κ1) is 75.0. The van der Waals surface area contributed by atoms with Crippen molar-refractivity contribution in [1.29, 1.82) is 0 Å². The van der Waals surface area contributed by atoms with E-state index in [1.165, 1.54) is 252 Å². The number of benzene rings is 10. The van der Waals surface area contributed by atoms with Gasteiger partial charge in [-0.3, -0.25) is 0 Å². The number of aromatic nitrogens is 2. The Kier molecular flexibility index (Phi) is 23.1. The molecule has 3 heterocycles. The number of fused-ring (bicyclic) bond motifs is 10. The summed E-state index contributed by atoms with van der Waals surface area (Å²) in [5.41, 5.74) is 36.8. The third-order valence-electron chi connectivity index (χ3n) is 25.3. The molecule has 16 rings (SSSR count). The van der Waals surface area contributed by atoms with Crippen molar-refractivity contribution >= 4 is 69.7 Å². The van der Waals surface area contributed by atoms with E-state index in [4.69, 9.17) is 8.75 Å². The van der Waals surface area contributed by atoms with Gasteiger partial charge in [0.05, 0.1) is 11.7 Å². The van der Waals surface area contributed by atoms with Crippen LogP contribution in [-0.2, 0) is 16.2 Å². The molecule has 0 radical (unpaired) electrons. The van der Waals surface area contributed by atoms with E-state index in [9.17, 15) is 0 Å². The van der Waals surface area contributed by atoms with Crippen molar-refractivity contribution in [1.82, 2.24) is 8.75 Å². The monoisotopic (exact) mass is 1490 g/mol. The average molecular weight is 1490 g/mol. The van der Waals surface area contributed by atoms with Crippen LogP contribution in [0.3, 0.4) is 0 Å². The first-order valence-corrected chi connectivity index (χ1v) is 44.6. The molecule has 0 atom stereocenters. The van der Waals surface area contributed by atoms with Crippen LogP contribution in [0.1, 0.15) is 250 Å². The van der Waals surface area contributed by atoms with Crippen molar-refractivity contribution in [2.45, 2.75) is 212 Å². The predicted molar refractivity (Wildman–Crippen MR) is 480 cm³/mol. The van der Waals surface area contributed by atoms with Crippen LogP contribution in [0.5, 0.6) is 0 Å². The number of hydrogen-bond donors (Lipinski definition) is 0. The maximum atomic E-state index is 5.06. The summed E-state index contributed by atoms with van der Waals surface area (Å²) in [6, 6.07) is 86.0. The molecule has 0 unspecified atom stereocenters. The Bertz CT molecular complexity index is 5380. The highest BCUT2D eigenvalue weighted by atomic mass is 32.1. The molecule has 0 saturated carbocycles. The summed E-state index contributed by atoms with van der Waals surface area (Å²) in [5.74, 6) is 0. The quantitative estimate of drug-likeness (QED) is 0.0376. The van der Waals surface area contributed by atoms with E-state index in [1.807, 2.05) is 22.7 Å². The molecule has 2 nitrogen and oxygen atoms in total. The number of unbranched alkanes of at least 4 members (excludes halogenated alkanes) is 12. The smallest absolute Gasteiger partial charge is 0.113 e. The number of hydrogen-bond acceptors (Lipinski definition) is 5. The zero-order chi connectivity index (χ0) is 75.0. The third kappa shape index (κ3) is 14.5. The molecule has 110 heavy (non-hydrogen) atoms. The standard InChI is InChI=1S/C105H108N2S3/c1-7-13-17-27-59-104(60-28-18-14-8-2)97-69-77(76-42-50-88-87-49-41-75(73-33-23-21-24-34-73)67-95(87)103(57-11-5,58-12-6)96(88)68-76)43-51-89(97)91-53-45-81(71-99(91)104)93-65-79(40-48-84-38-32-64-109-84)94(66-78(93)39-47-83-37-31-63-108-83)82-46-54-92-90-52-44-80(86-56-55-85(74-35-25-22-26-36-74)101-102(86)107-110-106-101)70-98(90)105(100(92)72-82,61-29-19-15-9-3)62-30-20-16-10-4/h21-26,31-56,63-72H,7-20,27-30,57-62H2,1-6H3/b47-39+,48-40+. The van der Waals surface area contributed by atoms with Crippen molar-refractivity contribution in [3.05, 3.63) is 283 Å². The molecule has 3 aromatic heterocycles. The second-order valence-corrected chi connectivity index (χ2v) is 34.6. The zero-order valence-corrected chi connectivity index (χ0v) is 68.3. The highest BCUT2D eigenvalue weighted by molar-refractivity contribution is 7.11. The van der Waals surface area contributed by atoms with E-state index >= 15 is 0 Å². The van der Waals surface area contributed by atoms with Crippen molar-refractivity contribution in [3.63, 3.8) is 0 Å². The van der Waals surface area contributed by atoms with Crippen LogP contribution in [0.2, 0.25) is 0 Å². The lowest BCUT2D eigenvalue weighted by Crippen LogP contribution is -2.26. The Morgan fingerprint density at radius 2 is 0.555 bits per heavy atom. The Hall–Kier alpha value is -9.10. The Balaban J connectivity index is 0.843. The fraction of sp³-hybridized carbons (Fsp3) is 0.314. The van der Waals surface area contributed by atoms with Gasteiger partial charge in [0.25, 0.3) is 0 Å². The van der Waals surface area contributed by atoms with Gasteiger partial charge in [0.15, 0.2) is 0 Å². The Morgan fingerprint density at radius 1 is 0.245 bits per heavy atom. The van der Waals surface area contributed by atoms with Gasteiger partial charge in [-0.05, 0) is 256 Å². The van der Waals surface area contributed by atoms with Crippen molar-refractivity contribution in [2.75, 3.05) is 0 Å². The third-order valence-corrected chi connectivity index (χ3v) is 27.5. The molecule has 0 saturated heterocycles. The highest BCUT2D eigenvalue weighted by Gasteiger charge is 2.46. The number of nitrogens with zero attached hydrogens (tertiary/aromatic N) is 2. The number of thiophene rings is 2. The molecule has 556 valence electrons. The van der Waals surface area contributed by atoms with Crippen LogP contribution < -0.4 is 0 Å². The van der Waals surface area contributed by atoms with E-state index in [0.29, 0.717) is 0 Å². The van der Waals surface area contributed by atoms with Gasteiger partial charge in [0.1, 0.15) is 11.0 Å². The first-order valence-electron chi connectivity index (χ1n) is 42.1. The van der Waals surface area contributed by atoms with Crippen LogP contribution in [-0.4, -0.2) is 8.75 Å². The Morgan fingerprint density at radius 3 is 0.900 bits per heavy atom. The molecule has 0 amide bonds. The van der Waals surface area contributed by atoms with E-state index < -0.39 is 0 Å². The van der Waals surface area contributed by atoms with Gasteiger partial charge in [0, 0.05) is 37.1 Å². The van der Waals surface area contributed by atoms with Gasteiger partial charge in [0.2, 0.25) is 0 Å². The molecule has 0 bridgehead atoms. The van der Waals surface area contributed by atoms with Gasteiger partial charge < -0.3 is 0 Å². The van der Waals surface area contributed by atoms with Crippen LogP contribution in [0.4, 0.5) is 0 Å². The largest absolute Gasteiger partial charge is 0.172 e. The fourth-order valence-electron chi connectivity index (χ4n) is 19.9. The molecule has 0 N–H and O–H groups in total. The van der Waals surface area contributed by atoms with E-state index in [0.717, 1.165) is 73.5 Å². The summed E-state index contributed by atoms with van der Waals surface area (Å²) in [5, 5.41) is 4.43. The summed E-state index contributed by atoms with van der Waals surface area (Å²) in [6.07, 6.45) is 38.3. The summed E-state index contributed by atoms with van der Waals surface area (Å²) in [4.78, 5) is 2.51. The van der Waals surface area contributed by atoms with Gasteiger partial charge in [-0.25, -0.2) is 0 Å². The first-order chi connectivity index (χ1) is 54.2. The molecule has 0 fully saturated rings. The lowest BCUT2D eigenvalue weighted by molar-refractivity contribution is 0.401. The van der Waals surface area contributed by atoms with Crippen molar-refractivity contribution < 1.29 is 0 Å². The lowest BCUT2D eigenvalue weighted by Gasteiger charge is -2.34. The summed E-state index contributed by atoms with van der Waals surface area (Å²) in [7, 11) is 0.